The van der Waals surface area contributed by atoms with E-state index in [2.05, 4.69) is 66.2 Å². The van der Waals surface area contributed by atoms with Crippen LogP contribution in [0.3, 0.4) is 0 Å². The van der Waals surface area contributed by atoms with Crippen LogP contribution in [0.1, 0.15) is 16.0 Å². The highest BCUT2D eigenvalue weighted by Crippen LogP contribution is 2.40. The van der Waals surface area contributed by atoms with Gasteiger partial charge < -0.3 is 9.47 Å². The van der Waals surface area contributed by atoms with Gasteiger partial charge in [-0.3, -0.25) is 0 Å². The molecule has 1 heterocycles. The van der Waals surface area contributed by atoms with Gasteiger partial charge in [-0.2, -0.15) is 11.8 Å². The molecule has 0 aliphatic rings. The van der Waals surface area contributed by atoms with Crippen molar-refractivity contribution >= 4 is 23.1 Å². The van der Waals surface area contributed by atoms with Crippen molar-refractivity contribution in [3.8, 4) is 11.1 Å². The Morgan fingerprint density at radius 1 is 0.923 bits per heavy atom. The van der Waals surface area contributed by atoms with Crippen LogP contribution in [-0.4, -0.2) is 26.2 Å². The van der Waals surface area contributed by atoms with Crippen LogP contribution in [-0.2, 0) is 21.7 Å². The van der Waals surface area contributed by atoms with Crippen molar-refractivity contribution in [2.24, 2.45) is 0 Å². The predicted molar refractivity (Wildman–Crippen MR) is 113 cm³/mol. The first-order valence-electron chi connectivity index (χ1n) is 8.56. The first kappa shape index (κ1) is 19.2. The molecule has 3 aromatic rings. The van der Waals surface area contributed by atoms with Gasteiger partial charge in [0.1, 0.15) is 0 Å². The van der Waals surface area contributed by atoms with Crippen molar-refractivity contribution < 1.29 is 9.47 Å². The van der Waals surface area contributed by atoms with Crippen molar-refractivity contribution in [3.05, 3.63) is 82.0 Å². The van der Waals surface area contributed by atoms with E-state index in [1.165, 1.54) is 16.7 Å². The molecule has 0 radical (unpaired) electrons. The van der Waals surface area contributed by atoms with Gasteiger partial charge in [0.2, 0.25) is 5.79 Å². The molecule has 0 atom stereocenters. The Hall–Kier alpha value is -1.59. The summed E-state index contributed by atoms with van der Waals surface area (Å²) in [4.78, 5) is 1.04. The lowest BCUT2D eigenvalue weighted by Gasteiger charge is -2.30. The fourth-order valence-corrected chi connectivity index (χ4v) is 4.60. The molecule has 0 N–H and O–H groups in total. The third-order valence-corrected chi connectivity index (χ3v) is 6.16. The molecule has 136 valence electrons. The van der Waals surface area contributed by atoms with Crippen LogP contribution in [0.25, 0.3) is 11.1 Å². The van der Waals surface area contributed by atoms with Crippen molar-refractivity contribution in [3.63, 3.8) is 0 Å². The van der Waals surface area contributed by atoms with E-state index in [1.54, 1.807) is 25.6 Å². The molecule has 2 aromatic carbocycles. The molecule has 3 rings (SSSR count). The molecule has 2 nitrogen and oxygen atoms in total. The zero-order valence-electron chi connectivity index (χ0n) is 15.4. The summed E-state index contributed by atoms with van der Waals surface area (Å²) in [5.74, 6) is 0.250. The molecule has 0 bridgehead atoms. The number of thioether (sulfide) groups is 1. The molecular weight excluding hydrogens is 360 g/mol. The second-order valence-corrected chi connectivity index (χ2v) is 7.93. The van der Waals surface area contributed by atoms with Crippen LogP contribution in [0.2, 0.25) is 0 Å². The van der Waals surface area contributed by atoms with Gasteiger partial charge in [0.15, 0.2) is 0 Å². The van der Waals surface area contributed by atoms with Crippen molar-refractivity contribution in [2.45, 2.75) is 12.2 Å². The number of ether oxygens (including phenoxy) is 2. The van der Waals surface area contributed by atoms with Crippen LogP contribution in [0.15, 0.2) is 66.0 Å². The fraction of sp³-hybridized carbons (Fsp3) is 0.273. The first-order chi connectivity index (χ1) is 12.7. The number of aryl methyl sites for hydroxylation is 1. The first-order valence-corrected chi connectivity index (χ1v) is 10.8. The second-order valence-electron chi connectivity index (χ2n) is 6.03. The molecule has 0 fully saturated rings. The summed E-state index contributed by atoms with van der Waals surface area (Å²) in [7, 11) is 3.40. The summed E-state index contributed by atoms with van der Waals surface area (Å²) in [6.45, 7) is 0. The third kappa shape index (κ3) is 3.89. The molecule has 4 heteroatoms. The summed E-state index contributed by atoms with van der Waals surface area (Å²) in [5.41, 5.74) is 4.72. The van der Waals surface area contributed by atoms with Crippen LogP contribution in [0, 0.1) is 0 Å². The highest BCUT2D eigenvalue weighted by Gasteiger charge is 2.36. The standard InChI is InChI=1S/C22H24O2S2/c1-23-22(24-2,20-11-9-17(10-12-20)13-14-25-3)21-15-19(16-26-21)18-7-5-4-6-8-18/h4-12,15-16H,13-14H2,1-3H3. The largest absolute Gasteiger partial charge is 0.345 e. The minimum Gasteiger partial charge on any atom is -0.345 e. The van der Waals surface area contributed by atoms with Crippen LogP contribution >= 0.6 is 23.1 Å². The quantitative estimate of drug-likeness (QED) is 0.456. The zero-order valence-corrected chi connectivity index (χ0v) is 17.0. The van der Waals surface area contributed by atoms with E-state index in [0.29, 0.717) is 0 Å². The monoisotopic (exact) mass is 384 g/mol. The molecule has 0 saturated heterocycles. The Bertz CT molecular complexity index is 806. The van der Waals surface area contributed by atoms with Crippen molar-refractivity contribution in [2.75, 3.05) is 26.2 Å². The molecule has 0 amide bonds. The van der Waals surface area contributed by atoms with Gasteiger partial charge >= 0.3 is 0 Å². The summed E-state index contributed by atoms with van der Waals surface area (Å²) in [6.07, 6.45) is 3.21. The number of hydrogen-bond donors (Lipinski definition) is 0. The minimum atomic E-state index is -0.879. The average molecular weight is 385 g/mol. The highest BCUT2D eigenvalue weighted by atomic mass is 32.2. The van der Waals surface area contributed by atoms with E-state index in [-0.39, 0.29) is 0 Å². The lowest BCUT2D eigenvalue weighted by molar-refractivity contribution is -0.181. The molecule has 26 heavy (non-hydrogen) atoms. The highest BCUT2D eigenvalue weighted by molar-refractivity contribution is 7.98. The van der Waals surface area contributed by atoms with E-state index < -0.39 is 5.79 Å². The SMILES string of the molecule is COC(OC)(c1ccc(CCSC)cc1)c1cc(-c2ccccc2)cs1. The van der Waals surface area contributed by atoms with E-state index >= 15 is 0 Å². The Morgan fingerprint density at radius 3 is 2.23 bits per heavy atom. The zero-order chi connectivity index (χ0) is 18.4. The van der Waals surface area contributed by atoms with Gasteiger partial charge in [-0.05, 0) is 46.6 Å². The lowest BCUT2D eigenvalue weighted by atomic mass is 10.00. The van der Waals surface area contributed by atoms with Gasteiger partial charge in [0.25, 0.3) is 0 Å². The number of methoxy groups -OCH3 is 2. The molecule has 0 unspecified atom stereocenters. The van der Waals surface area contributed by atoms with Crippen LogP contribution < -0.4 is 0 Å². The number of rotatable bonds is 8. The Kier molecular flexibility index (Phi) is 6.54. The van der Waals surface area contributed by atoms with Gasteiger partial charge in [-0.25, -0.2) is 0 Å². The topological polar surface area (TPSA) is 18.5 Å². The molecule has 0 saturated carbocycles. The minimum absolute atomic E-state index is 0.879. The van der Waals surface area contributed by atoms with Gasteiger partial charge in [0.05, 0.1) is 4.88 Å². The van der Waals surface area contributed by atoms with Crippen molar-refractivity contribution in [1.29, 1.82) is 0 Å². The van der Waals surface area contributed by atoms with Crippen LogP contribution in [0.4, 0.5) is 0 Å². The van der Waals surface area contributed by atoms with E-state index in [0.717, 1.165) is 22.6 Å². The summed E-state index contributed by atoms with van der Waals surface area (Å²) in [6, 6.07) is 21.1. The molecule has 0 aliphatic heterocycles. The van der Waals surface area contributed by atoms with E-state index in [9.17, 15) is 0 Å². The average Bonchev–Trinajstić information content (AvgIpc) is 3.20. The second kappa shape index (κ2) is 8.87. The Balaban J connectivity index is 1.94. The number of benzene rings is 2. The van der Waals surface area contributed by atoms with Gasteiger partial charge in [-0.15, -0.1) is 11.3 Å². The number of hydrogen-bond acceptors (Lipinski definition) is 4. The fourth-order valence-electron chi connectivity index (χ4n) is 3.06. The van der Waals surface area contributed by atoms with E-state index in [1.807, 2.05) is 17.8 Å². The van der Waals surface area contributed by atoms with Crippen molar-refractivity contribution in [1.82, 2.24) is 0 Å². The lowest BCUT2D eigenvalue weighted by Crippen LogP contribution is -2.31. The Labute approximate surface area is 164 Å². The van der Waals surface area contributed by atoms with Gasteiger partial charge in [0, 0.05) is 19.8 Å². The number of thiophene rings is 1. The summed E-state index contributed by atoms with van der Waals surface area (Å²) < 4.78 is 11.8. The predicted octanol–water partition coefficient (Wildman–Crippen LogP) is 5.81. The maximum atomic E-state index is 5.91. The maximum absolute atomic E-state index is 5.91. The van der Waals surface area contributed by atoms with E-state index in [4.69, 9.17) is 9.47 Å². The Morgan fingerprint density at radius 2 is 1.62 bits per heavy atom. The smallest absolute Gasteiger partial charge is 0.231 e. The normalized spacial score (nSPS) is 11.7. The van der Waals surface area contributed by atoms with Gasteiger partial charge in [-0.1, -0.05) is 54.6 Å². The summed E-state index contributed by atoms with van der Waals surface area (Å²) >= 11 is 3.53. The third-order valence-electron chi connectivity index (χ3n) is 4.53. The molecule has 1 aromatic heterocycles. The summed E-state index contributed by atoms with van der Waals surface area (Å²) in [5, 5.41) is 2.16. The maximum Gasteiger partial charge on any atom is 0.231 e. The molecular formula is C22H24O2S2. The molecule has 0 aliphatic carbocycles. The molecule has 0 spiro atoms. The van der Waals surface area contributed by atoms with Crippen LogP contribution in [0.5, 0.6) is 0 Å².